The lowest BCUT2D eigenvalue weighted by Crippen LogP contribution is -2.51. The zero-order valence-electron chi connectivity index (χ0n) is 10.5. The van der Waals surface area contributed by atoms with E-state index in [1.54, 1.807) is 12.1 Å². The van der Waals surface area contributed by atoms with Crippen molar-refractivity contribution in [2.45, 2.75) is 26.3 Å². The number of amides is 2. The van der Waals surface area contributed by atoms with Crippen molar-refractivity contribution in [1.29, 1.82) is 0 Å². The van der Waals surface area contributed by atoms with Crippen LogP contribution in [0.1, 0.15) is 30.6 Å². The minimum atomic E-state index is -0.632. The number of hydrazine groups is 1. The SMILES string of the molecule is CCC(C)[C@H](N)C(=O)NNC(=O)c1ccncc1. The summed E-state index contributed by atoms with van der Waals surface area (Å²) < 4.78 is 0. The fourth-order valence-electron chi connectivity index (χ4n) is 1.29. The van der Waals surface area contributed by atoms with Crippen molar-refractivity contribution < 1.29 is 9.59 Å². The Morgan fingerprint density at radius 3 is 2.50 bits per heavy atom. The summed E-state index contributed by atoms with van der Waals surface area (Å²) in [6.45, 7) is 3.84. The number of nitrogens with two attached hydrogens (primary N) is 1. The molecule has 1 rings (SSSR count). The van der Waals surface area contributed by atoms with Crippen LogP contribution in [-0.2, 0) is 4.79 Å². The van der Waals surface area contributed by atoms with E-state index in [0.29, 0.717) is 5.56 Å². The van der Waals surface area contributed by atoms with Gasteiger partial charge in [-0.1, -0.05) is 20.3 Å². The van der Waals surface area contributed by atoms with E-state index in [-0.39, 0.29) is 5.92 Å². The van der Waals surface area contributed by atoms with Crippen molar-refractivity contribution in [1.82, 2.24) is 15.8 Å². The quantitative estimate of drug-likeness (QED) is 0.666. The van der Waals surface area contributed by atoms with Crippen molar-refractivity contribution in [3.05, 3.63) is 30.1 Å². The molecule has 6 heteroatoms. The van der Waals surface area contributed by atoms with Gasteiger partial charge in [-0.25, -0.2) is 0 Å². The van der Waals surface area contributed by atoms with E-state index in [1.807, 2.05) is 13.8 Å². The molecule has 0 aromatic carbocycles. The maximum absolute atomic E-state index is 11.6. The Balaban J connectivity index is 2.46. The highest BCUT2D eigenvalue weighted by Gasteiger charge is 2.19. The number of aromatic nitrogens is 1. The fraction of sp³-hybridized carbons (Fsp3) is 0.417. The first-order chi connectivity index (χ1) is 8.56. The summed E-state index contributed by atoms with van der Waals surface area (Å²) in [6.07, 6.45) is 3.80. The van der Waals surface area contributed by atoms with Gasteiger partial charge in [-0.15, -0.1) is 0 Å². The van der Waals surface area contributed by atoms with Crippen molar-refractivity contribution in [3.8, 4) is 0 Å². The lowest BCUT2D eigenvalue weighted by molar-refractivity contribution is -0.124. The molecule has 1 heterocycles. The predicted molar refractivity (Wildman–Crippen MR) is 67.3 cm³/mol. The molecule has 1 unspecified atom stereocenters. The molecule has 0 fully saturated rings. The fourth-order valence-corrected chi connectivity index (χ4v) is 1.29. The number of carbonyl (C=O) groups is 2. The highest BCUT2D eigenvalue weighted by molar-refractivity contribution is 5.95. The van der Waals surface area contributed by atoms with Crippen LogP contribution in [0.4, 0.5) is 0 Å². The van der Waals surface area contributed by atoms with E-state index in [0.717, 1.165) is 6.42 Å². The molecule has 0 aliphatic rings. The van der Waals surface area contributed by atoms with Gasteiger partial charge in [0, 0.05) is 18.0 Å². The van der Waals surface area contributed by atoms with Crippen LogP contribution in [0.25, 0.3) is 0 Å². The average molecular weight is 250 g/mol. The third kappa shape index (κ3) is 3.81. The molecule has 0 aliphatic heterocycles. The van der Waals surface area contributed by atoms with Gasteiger partial charge in [0.2, 0.25) is 0 Å². The van der Waals surface area contributed by atoms with Gasteiger partial charge >= 0.3 is 0 Å². The summed E-state index contributed by atoms with van der Waals surface area (Å²) in [4.78, 5) is 27.0. The normalized spacial score (nSPS) is 13.5. The zero-order chi connectivity index (χ0) is 13.5. The summed E-state index contributed by atoms with van der Waals surface area (Å²) in [5.41, 5.74) is 10.8. The lowest BCUT2D eigenvalue weighted by atomic mass is 10.00. The van der Waals surface area contributed by atoms with E-state index in [4.69, 9.17) is 5.73 Å². The molecule has 0 radical (unpaired) electrons. The van der Waals surface area contributed by atoms with Crippen LogP contribution < -0.4 is 16.6 Å². The van der Waals surface area contributed by atoms with Crippen LogP contribution in [0, 0.1) is 5.92 Å². The van der Waals surface area contributed by atoms with Gasteiger partial charge in [0.25, 0.3) is 11.8 Å². The lowest BCUT2D eigenvalue weighted by Gasteiger charge is -2.17. The van der Waals surface area contributed by atoms with E-state index in [2.05, 4.69) is 15.8 Å². The topological polar surface area (TPSA) is 97.1 Å². The molecule has 18 heavy (non-hydrogen) atoms. The Kier molecular flexibility index (Phi) is 5.26. The highest BCUT2D eigenvalue weighted by Crippen LogP contribution is 2.04. The van der Waals surface area contributed by atoms with Crippen LogP contribution in [0.3, 0.4) is 0 Å². The second-order valence-corrected chi connectivity index (χ2v) is 4.09. The molecule has 6 nitrogen and oxygen atoms in total. The molecule has 4 N–H and O–H groups in total. The van der Waals surface area contributed by atoms with Gasteiger partial charge in [-0.05, 0) is 18.1 Å². The van der Waals surface area contributed by atoms with Crippen LogP contribution in [0.5, 0.6) is 0 Å². The standard InChI is InChI=1S/C12H18N4O2/c1-3-8(2)10(13)12(18)16-15-11(17)9-4-6-14-7-5-9/h4-8,10H,3,13H2,1-2H3,(H,15,17)(H,16,18)/t8?,10-/m0/s1. The van der Waals surface area contributed by atoms with E-state index >= 15 is 0 Å². The van der Waals surface area contributed by atoms with Crippen molar-refractivity contribution >= 4 is 11.8 Å². The van der Waals surface area contributed by atoms with Crippen molar-refractivity contribution in [2.24, 2.45) is 11.7 Å². The van der Waals surface area contributed by atoms with E-state index in [9.17, 15) is 9.59 Å². The Labute approximate surface area is 106 Å². The molecular formula is C12H18N4O2. The van der Waals surface area contributed by atoms with Crippen molar-refractivity contribution in [3.63, 3.8) is 0 Å². The third-order valence-electron chi connectivity index (χ3n) is 2.80. The van der Waals surface area contributed by atoms with Gasteiger partial charge in [-0.3, -0.25) is 25.4 Å². The molecule has 98 valence electrons. The maximum Gasteiger partial charge on any atom is 0.269 e. The number of carbonyl (C=O) groups excluding carboxylic acids is 2. The minimum Gasteiger partial charge on any atom is -0.320 e. The van der Waals surface area contributed by atoms with Crippen LogP contribution in [0.15, 0.2) is 24.5 Å². The maximum atomic E-state index is 11.6. The minimum absolute atomic E-state index is 0.0582. The highest BCUT2D eigenvalue weighted by atomic mass is 16.2. The summed E-state index contributed by atoms with van der Waals surface area (Å²) in [5.74, 6) is -0.739. The molecule has 1 aromatic rings. The zero-order valence-corrected chi connectivity index (χ0v) is 10.5. The molecule has 0 saturated heterocycles. The molecule has 0 spiro atoms. The largest absolute Gasteiger partial charge is 0.320 e. The molecule has 0 saturated carbocycles. The first-order valence-corrected chi connectivity index (χ1v) is 5.82. The molecular weight excluding hydrogens is 232 g/mol. The van der Waals surface area contributed by atoms with E-state index < -0.39 is 17.9 Å². The van der Waals surface area contributed by atoms with Gasteiger partial charge < -0.3 is 5.73 Å². The summed E-state index contributed by atoms with van der Waals surface area (Å²) in [5, 5.41) is 0. The summed E-state index contributed by atoms with van der Waals surface area (Å²) in [7, 11) is 0. The Morgan fingerprint density at radius 1 is 1.33 bits per heavy atom. The second kappa shape index (κ2) is 6.70. The number of nitrogens with zero attached hydrogens (tertiary/aromatic N) is 1. The third-order valence-corrected chi connectivity index (χ3v) is 2.80. The van der Waals surface area contributed by atoms with Crippen LogP contribution in [0.2, 0.25) is 0 Å². The Morgan fingerprint density at radius 2 is 1.94 bits per heavy atom. The molecule has 1 aromatic heterocycles. The van der Waals surface area contributed by atoms with Crippen LogP contribution in [-0.4, -0.2) is 22.8 Å². The van der Waals surface area contributed by atoms with Gasteiger partial charge in [-0.2, -0.15) is 0 Å². The monoisotopic (exact) mass is 250 g/mol. The molecule has 0 aliphatic carbocycles. The summed E-state index contributed by atoms with van der Waals surface area (Å²) in [6, 6.07) is 2.47. The Bertz CT molecular complexity index is 408. The first-order valence-electron chi connectivity index (χ1n) is 5.82. The van der Waals surface area contributed by atoms with Gasteiger partial charge in [0.15, 0.2) is 0 Å². The molecule has 0 bridgehead atoms. The first kappa shape index (κ1) is 14.1. The smallest absolute Gasteiger partial charge is 0.269 e. The second-order valence-electron chi connectivity index (χ2n) is 4.09. The number of nitrogens with one attached hydrogen (secondary N) is 2. The average Bonchev–Trinajstić information content (AvgIpc) is 2.43. The number of pyridine rings is 1. The molecule has 2 atom stereocenters. The van der Waals surface area contributed by atoms with Crippen molar-refractivity contribution in [2.75, 3.05) is 0 Å². The van der Waals surface area contributed by atoms with Gasteiger partial charge in [0.05, 0.1) is 6.04 Å². The number of rotatable bonds is 4. The predicted octanol–water partition coefficient (Wildman–Crippen LogP) is 0.216. The Hall–Kier alpha value is -1.95. The van der Waals surface area contributed by atoms with E-state index in [1.165, 1.54) is 12.4 Å². The molecule has 2 amide bonds. The van der Waals surface area contributed by atoms with Crippen LogP contribution >= 0.6 is 0 Å². The van der Waals surface area contributed by atoms with Gasteiger partial charge in [0.1, 0.15) is 0 Å². The number of hydrogen-bond acceptors (Lipinski definition) is 4. The number of hydrogen-bond donors (Lipinski definition) is 3. The summed E-state index contributed by atoms with van der Waals surface area (Å²) >= 11 is 0.